The summed E-state index contributed by atoms with van der Waals surface area (Å²) in [5.41, 5.74) is 5.56. The van der Waals surface area contributed by atoms with Gasteiger partial charge in [0.15, 0.2) is 0 Å². The van der Waals surface area contributed by atoms with Crippen molar-refractivity contribution in [3.63, 3.8) is 0 Å². The minimum atomic E-state index is -0.991. The summed E-state index contributed by atoms with van der Waals surface area (Å²) in [4.78, 5) is 37.6. The molecule has 0 saturated heterocycles. The van der Waals surface area contributed by atoms with Crippen molar-refractivity contribution in [2.45, 2.75) is 64.1 Å². The van der Waals surface area contributed by atoms with E-state index >= 15 is 0 Å². The molecular weight excluding hydrogens is 358 g/mol. The predicted octanol–water partition coefficient (Wildman–Crippen LogP) is 1.34. The maximum atomic E-state index is 12.7. The topological polar surface area (TPSA) is 111 Å². The quantitative estimate of drug-likeness (QED) is 0.298. The molecule has 0 aliphatic rings. The van der Waals surface area contributed by atoms with Crippen molar-refractivity contribution in [2.24, 2.45) is 5.73 Å². The highest BCUT2D eigenvalue weighted by Crippen LogP contribution is 2.11. The summed E-state index contributed by atoms with van der Waals surface area (Å²) in [6.07, 6.45) is 2.41. The van der Waals surface area contributed by atoms with E-state index in [9.17, 15) is 14.4 Å². The van der Waals surface area contributed by atoms with E-state index in [0.717, 1.165) is 18.4 Å². The first kappa shape index (κ1) is 23.8. The van der Waals surface area contributed by atoms with Crippen molar-refractivity contribution < 1.29 is 19.1 Å². The van der Waals surface area contributed by atoms with Crippen molar-refractivity contribution in [3.8, 4) is 0 Å². The third-order valence-electron chi connectivity index (χ3n) is 4.13. The lowest BCUT2D eigenvalue weighted by molar-refractivity contribution is -0.163. The van der Waals surface area contributed by atoms with E-state index in [0.29, 0.717) is 13.0 Å². The number of nitrogens with one attached hydrogen (secondary N) is 2. The van der Waals surface area contributed by atoms with Crippen molar-refractivity contribution in [1.29, 1.82) is 0 Å². The monoisotopic (exact) mass is 391 g/mol. The highest BCUT2D eigenvalue weighted by molar-refractivity contribution is 6.36. The molecule has 1 rings (SSSR count). The zero-order valence-corrected chi connectivity index (χ0v) is 17.3. The highest BCUT2D eigenvalue weighted by Gasteiger charge is 2.32. The van der Waals surface area contributed by atoms with Gasteiger partial charge >= 0.3 is 5.97 Å². The van der Waals surface area contributed by atoms with Gasteiger partial charge in [-0.15, -0.1) is 0 Å². The second kappa shape index (κ2) is 11.6. The summed E-state index contributed by atoms with van der Waals surface area (Å²) in [5, 5.41) is 5.68. The molecule has 0 radical (unpaired) electrons. The van der Waals surface area contributed by atoms with E-state index in [-0.39, 0.29) is 12.3 Å². The van der Waals surface area contributed by atoms with Crippen LogP contribution in [0.2, 0.25) is 0 Å². The molecule has 0 aliphatic heterocycles. The van der Waals surface area contributed by atoms with Gasteiger partial charge in [0, 0.05) is 6.42 Å². The van der Waals surface area contributed by atoms with Crippen LogP contribution in [0.1, 0.15) is 45.6 Å². The highest BCUT2D eigenvalue weighted by atomic mass is 16.6. The number of unbranched alkanes of at least 4 members (excludes halogenated alkanes) is 1. The lowest BCUT2D eigenvalue weighted by Gasteiger charge is -2.24. The maximum absolute atomic E-state index is 12.7. The van der Waals surface area contributed by atoms with Crippen LogP contribution in [-0.4, -0.2) is 48.9 Å². The molecule has 1 aromatic carbocycles. The van der Waals surface area contributed by atoms with Gasteiger partial charge in [-0.25, -0.2) is 4.79 Å². The number of ether oxygens (including phenoxy) is 1. The standard InChI is InChI=1S/C21H33N3O4/c1-21(2,3)28-20(27)18(25)17(14-15-10-6-5-7-11-15)24-19(26)16(23-4)12-8-9-13-22/h5-7,10-11,16-17,23H,8-9,12-14,22H2,1-4H3,(H,24,26)/t16-,17-/m0/s1. The lowest BCUT2D eigenvalue weighted by atomic mass is 10.0. The molecule has 2 atom stereocenters. The molecule has 0 bridgehead atoms. The van der Waals surface area contributed by atoms with Gasteiger partial charge in [-0.2, -0.15) is 0 Å². The van der Waals surface area contributed by atoms with Gasteiger partial charge in [-0.05, 0) is 52.8 Å². The number of carbonyl (C=O) groups excluding carboxylic acids is 3. The number of likely N-dealkylation sites (N-methyl/N-ethyl adjacent to an activating group) is 1. The van der Waals surface area contributed by atoms with Gasteiger partial charge in [-0.3, -0.25) is 9.59 Å². The first-order valence-electron chi connectivity index (χ1n) is 9.66. The Labute approximate surface area is 167 Å². The molecule has 4 N–H and O–H groups in total. The second-order valence-electron chi connectivity index (χ2n) is 7.74. The Hall–Kier alpha value is -2.25. The van der Waals surface area contributed by atoms with E-state index in [1.165, 1.54) is 0 Å². The summed E-state index contributed by atoms with van der Waals surface area (Å²) in [7, 11) is 1.69. The van der Waals surface area contributed by atoms with Crippen LogP contribution in [0.15, 0.2) is 30.3 Å². The third kappa shape index (κ3) is 8.63. The average molecular weight is 392 g/mol. The number of benzene rings is 1. The number of nitrogens with two attached hydrogens (primary N) is 1. The fourth-order valence-electron chi connectivity index (χ4n) is 2.70. The Morgan fingerprint density at radius 3 is 2.25 bits per heavy atom. The van der Waals surface area contributed by atoms with E-state index in [1.54, 1.807) is 27.8 Å². The largest absolute Gasteiger partial charge is 0.454 e. The third-order valence-corrected chi connectivity index (χ3v) is 4.13. The molecule has 0 unspecified atom stereocenters. The van der Waals surface area contributed by atoms with E-state index < -0.39 is 29.4 Å². The lowest BCUT2D eigenvalue weighted by Crippen LogP contribution is -2.52. The molecular formula is C21H33N3O4. The first-order valence-corrected chi connectivity index (χ1v) is 9.66. The van der Waals surface area contributed by atoms with Crippen LogP contribution in [0, 0.1) is 0 Å². The normalized spacial score (nSPS) is 13.5. The molecule has 0 aromatic heterocycles. The molecule has 7 heteroatoms. The first-order chi connectivity index (χ1) is 13.2. The van der Waals surface area contributed by atoms with E-state index in [4.69, 9.17) is 10.5 Å². The summed E-state index contributed by atoms with van der Waals surface area (Å²) in [6, 6.07) is 7.79. The minimum absolute atomic E-state index is 0.212. The summed E-state index contributed by atoms with van der Waals surface area (Å²) in [5.74, 6) is -2.03. The Morgan fingerprint density at radius 2 is 1.71 bits per heavy atom. The van der Waals surface area contributed by atoms with Gasteiger partial charge in [0.2, 0.25) is 5.91 Å². The smallest absolute Gasteiger partial charge is 0.377 e. The SMILES string of the molecule is CN[C@@H](CCCCN)C(=O)N[C@@H](Cc1ccccc1)C(=O)C(=O)OC(C)(C)C. The number of hydrogen-bond acceptors (Lipinski definition) is 6. The molecule has 1 amide bonds. The van der Waals surface area contributed by atoms with E-state index in [1.807, 2.05) is 30.3 Å². The molecule has 7 nitrogen and oxygen atoms in total. The van der Waals surface area contributed by atoms with Crippen LogP contribution >= 0.6 is 0 Å². The number of ketones is 1. The fraction of sp³-hybridized carbons (Fsp3) is 0.571. The summed E-state index contributed by atoms with van der Waals surface area (Å²) >= 11 is 0. The van der Waals surface area contributed by atoms with Crippen LogP contribution in [0.4, 0.5) is 0 Å². The minimum Gasteiger partial charge on any atom is -0.454 e. The van der Waals surface area contributed by atoms with Gasteiger partial charge < -0.3 is 21.1 Å². The van der Waals surface area contributed by atoms with Crippen LogP contribution in [0.25, 0.3) is 0 Å². The number of amides is 1. The molecule has 0 fully saturated rings. The van der Waals surface area contributed by atoms with Crippen molar-refractivity contribution in [1.82, 2.24) is 10.6 Å². The van der Waals surface area contributed by atoms with Crippen molar-refractivity contribution >= 4 is 17.7 Å². The average Bonchev–Trinajstić information content (AvgIpc) is 2.63. The van der Waals surface area contributed by atoms with Gasteiger partial charge in [0.05, 0.1) is 6.04 Å². The molecule has 0 aliphatic carbocycles. The summed E-state index contributed by atoms with van der Waals surface area (Å²) < 4.78 is 5.20. The van der Waals surface area contributed by atoms with Crippen molar-refractivity contribution in [2.75, 3.05) is 13.6 Å². The summed E-state index contributed by atoms with van der Waals surface area (Å²) in [6.45, 7) is 5.64. The zero-order valence-electron chi connectivity index (χ0n) is 17.3. The van der Waals surface area contributed by atoms with Crippen LogP contribution < -0.4 is 16.4 Å². The zero-order chi connectivity index (χ0) is 21.2. The molecule has 156 valence electrons. The predicted molar refractivity (Wildman–Crippen MR) is 109 cm³/mol. The number of hydrogen-bond donors (Lipinski definition) is 3. The Balaban J connectivity index is 2.91. The molecule has 0 saturated carbocycles. The number of rotatable bonds is 11. The molecule has 1 aromatic rings. The maximum Gasteiger partial charge on any atom is 0.377 e. The van der Waals surface area contributed by atoms with Crippen LogP contribution in [-0.2, 0) is 25.5 Å². The fourth-order valence-corrected chi connectivity index (χ4v) is 2.70. The Kier molecular flexibility index (Phi) is 9.82. The number of carbonyl (C=O) groups is 3. The van der Waals surface area contributed by atoms with Gasteiger partial charge in [0.25, 0.3) is 5.78 Å². The van der Waals surface area contributed by atoms with E-state index in [2.05, 4.69) is 10.6 Å². The second-order valence-corrected chi connectivity index (χ2v) is 7.74. The molecule has 0 heterocycles. The Morgan fingerprint density at radius 1 is 1.07 bits per heavy atom. The van der Waals surface area contributed by atoms with Crippen LogP contribution in [0.5, 0.6) is 0 Å². The molecule has 28 heavy (non-hydrogen) atoms. The molecule has 0 spiro atoms. The van der Waals surface area contributed by atoms with Gasteiger partial charge in [0.1, 0.15) is 11.6 Å². The Bertz CT molecular complexity index is 641. The number of Topliss-reactive ketones (excluding diaryl/α,β-unsaturated/α-hetero) is 1. The number of esters is 1. The van der Waals surface area contributed by atoms with Crippen LogP contribution in [0.3, 0.4) is 0 Å². The van der Waals surface area contributed by atoms with Gasteiger partial charge in [-0.1, -0.05) is 36.8 Å². The van der Waals surface area contributed by atoms with Crippen molar-refractivity contribution in [3.05, 3.63) is 35.9 Å².